The van der Waals surface area contributed by atoms with Gasteiger partial charge in [-0.15, -0.1) is 13.2 Å². The van der Waals surface area contributed by atoms with Crippen LogP contribution < -0.4 is 9.47 Å². The summed E-state index contributed by atoms with van der Waals surface area (Å²) >= 11 is 2.93. The lowest BCUT2D eigenvalue weighted by Gasteiger charge is -2.12. The lowest BCUT2D eigenvalue weighted by atomic mass is 10.4. The van der Waals surface area contributed by atoms with Crippen LogP contribution in [0.4, 0.5) is 13.2 Å². The van der Waals surface area contributed by atoms with Crippen LogP contribution in [0.3, 0.4) is 0 Å². The number of pyridine rings is 1. The Balaban J connectivity index is 3.02. The maximum Gasteiger partial charge on any atom is 0.573 e. The summed E-state index contributed by atoms with van der Waals surface area (Å²) in [6.07, 6.45) is -3.57. The predicted octanol–water partition coefficient (Wildman–Crippen LogP) is 2.75. The second kappa shape index (κ2) is 4.04. The van der Waals surface area contributed by atoms with Crippen molar-refractivity contribution in [3.63, 3.8) is 0 Å². The third kappa shape index (κ3) is 2.76. The molecule has 78 valence electrons. The molecule has 0 aromatic carbocycles. The molecular weight excluding hydrogens is 267 g/mol. The molecule has 0 saturated heterocycles. The van der Waals surface area contributed by atoms with Crippen LogP contribution in [0.5, 0.6) is 11.5 Å². The zero-order valence-electron chi connectivity index (χ0n) is 6.93. The number of hydrogen-bond acceptors (Lipinski definition) is 3. The molecule has 0 N–H and O–H groups in total. The molecule has 1 aromatic rings. The number of methoxy groups -OCH3 is 1. The lowest BCUT2D eigenvalue weighted by molar-refractivity contribution is -0.275. The molecule has 0 atom stereocenters. The van der Waals surface area contributed by atoms with Gasteiger partial charge >= 0.3 is 6.36 Å². The van der Waals surface area contributed by atoms with Crippen LogP contribution in [-0.4, -0.2) is 18.5 Å². The molecule has 7 heteroatoms. The van der Waals surface area contributed by atoms with Crippen LogP contribution >= 0.6 is 15.9 Å². The van der Waals surface area contributed by atoms with Gasteiger partial charge in [0.1, 0.15) is 0 Å². The number of ether oxygens (including phenoxy) is 2. The van der Waals surface area contributed by atoms with Gasteiger partial charge in [-0.2, -0.15) is 0 Å². The Kier molecular flexibility index (Phi) is 3.20. The molecule has 0 aliphatic rings. The summed E-state index contributed by atoms with van der Waals surface area (Å²) in [5.41, 5.74) is 0. The van der Waals surface area contributed by atoms with Crippen LogP contribution in [0.1, 0.15) is 0 Å². The summed E-state index contributed by atoms with van der Waals surface area (Å²) in [7, 11) is 1.23. The number of nitrogens with zero attached hydrogens (tertiary/aromatic N) is 1. The maximum atomic E-state index is 11.9. The molecule has 1 heterocycles. The van der Waals surface area contributed by atoms with Crippen LogP contribution in [0, 0.1) is 0 Å². The van der Waals surface area contributed by atoms with Gasteiger partial charge < -0.3 is 9.47 Å². The molecule has 0 spiro atoms. The molecule has 0 radical (unpaired) electrons. The fourth-order valence-electron chi connectivity index (χ4n) is 0.796. The van der Waals surface area contributed by atoms with E-state index < -0.39 is 12.1 Å². The molecule has 0 aliphatic heterocycles. The summed E-state index contributed by atoms with van der Waals surface area (Å²) in [6, 6.07) is 1.07. The second-order valence-electron chi connectivity index (χ2n) is 2.18. The fourth-order valence-corrected chi connectivity index (χ4v) is 1.27. The molecule has 14 heavy (non-hydrogen) atoms. The normalized spacial score (nSPS) is 11.2. The van der Waals surface area contributed by atoms with Gasteiger partial charge in [-0.05, 0) is 15.9 Å². The van der Waals surface area contributed by atoms with Crippen LogP contribution in [0.15, 0.2) is 16.9 Å². The Morgan fingerprint density at radius 3 is 2.57 bits per heavy atom. The highest BCUT2D eigenvalue weighted by Crippen LogP contribution is 2.35. The standard InChI is InChI=1S/C7H5BrF3NO2/c1-13-5-4(14-7(9,10)11)2-3-12-6(5)8/h2-3H,1H3. The van der Waals surface area contributed by atoms with Crippen molar-refractivity contribution in [3.8, 4) is 11.5 Å². The Morgan fingerprint density at radius 1 is 1.43 bits per heavy atom. The summed E-state index contributed by atoms with van der Waals surface area (Å²) in [5.74, 6) is -0.522. The monoisotopic (exact) mass is 271 g/mol. The third-order valence-corrected chi connectivity index (χ3v) is 1.82. The van der Waals surface area contributed by atoms with Crippen molar-refractivity contribution in [2.24, 2.45) is 0 Å². The molecule has 0 bridgehead atoms. The second-order valence-corrected chi connectivity index (χ2v) is 2.93. The molecule has 0 unspecified atom stereocenters. The molecule has 3 nitrogen and oxygen atoms in total. The maximum absolute atomic E-state index is 11.9. The van der Waals surface area contributed by atoms with Crippen LogP contribution in [-0.2, 0) is 0 Å². The number of hydrogen-bond donors (Lipinski definition) is 0. The van der Waals surface area contributed by atoms with E-state index in [0.29, 0.717) is 0 Å². The molecule has 1 aromatic heterocycles. The Hall–Kier alpha value is -0.980. The molecule has 0 saturated carbocycles. The minimum atomic E-state index is -4.74. The van der Waals surface area contributed by atoms with Gasteiger partial charge in [0.05, 0.1) is 7.11 Å². The minimum absolute atomic E-state index is 0.0928. The fraction of sp³-hybridized carbons (Fsp3) is 0.286. The largest absolute Gasteiger partial charge is 0.573 e. The van der Waals surface area contributed by atoms with Crippen molar-refractivity contribution >= 4 is 15.9 Å². The van der Waals surface area contributed by atoms with Crippen LogP contribution in [0.2, 0.25) is 0 Å². The van der Waals surface area contributed by atoms with E-state index in [1.807, 2.05) is 0 Å². The first-order valence-electron chi connectivity index (χ1n) is 3.38. The minimum Gasteiger partial charge on any atom is -0.490 e. The van der Waals surface area contributed by atoms with E-state index in [4.69, 9.17) is 0 Å². The van der Waals surface area contributed by atoms with Crippen molar-refractivity contribution in [2.45, 2.75) is 6.36 Å². The highest BCUT2D eigenvalue weighted by molar-refractivity contribution is 9.10. The Bertz CT molecular complexity index is 329. The smallest absolute Gasteiger partial charge is 0.490 e. The van der Waals surface area contributed by atoms with Gasteiger partial charge in [0, 0.05) is 12.3 Å². The Morgan fingerprint density at radius 2 is 2.07 bits per heavy atom. The van der Waals surface area contributed by atoms with E-state index in [9.17, 15) is 13.2 Å². The van der Waals surface area contributed by atoms with Crippen molar-refractivity contribution < 1.29 is 22.6 Å². The summed E-state index contributed by atoms with van der Waals surface area (Å²) in [5, 5.41) is 0. The molecular formula is C7H5BrF3NO2. The van der Waals surface area contributed by atoms with Crippen molar-refractivity contribution in [1.29, 1.82) is 0 Å². The van der Waals surface area contributed by atoms with Crippen molar-refractivity contribution in [1.82, 2.24) is 4.98 Å². The van der Waals surface area contributed by atoms with Gasteiger partial charge in [-0.3, -0.25) is 0 Å². The Labute approximate surface area is 86.0 Å². The van der Waals surface area contributed by atoms with Crippen molar-refractivity contribution in [3.05, 3.63) is 16.9 Å². The van der Waals surface area contributed by atoms with Gasteiger partial charge in [0.2, 0.25) is 0 Å². The molecule has 1 rings (SSSR count). The van der Waals surface area contributed by atoms with E-state index >= 15 is 0 Å². The zero-order chi connectivity index (χ0) is 10.8. The first kappa shape index (κ1) is 11.1. The van der Waals surface area contributed by atoms with E-state index in [1.165, 1.54) is 13.3 Å². The average molecular weight is 272 g/mol. The number of halogens is 4. The molecule has 0 fully saturated rings. The van der Waals surface area contributed by atoms with Crippen molar-refractivity contribution in [2.75, 3.05) is 7.11 Å². The van der Waals surface area contributed by atoms with E-state index in [1.54, 1.807) is 0 Å². The third-order valence-electron chi connectivity index (χ3n) is 1.25. The highest BCUT2D eigenvalue weighted by Gasteiger charge is 2.32. The lowest BCUT2D eigenvalue weighted by Crippen LogP contribution is -2.17. The van der Waals surface area contributed by atoms with E-state index in [0.717, 1.165) is 6.07 Å². The van der Waals surface area contributed by atoms with Gasteiger partial charge in [-0.25, -0.2) is 4.98 Å². The average Bonchev–Trinajstić information content (AvgIpc) is 2.01. The first-order chi connectivity index (χ1) is 6.44. The van der Waals surface area contributed by atoms with Gasteiger partial charge in [0.15, 0.2) is 16.1 Å². The number of aromatic nitrogens is 1. The first-order valence-corrected chi connectivity index (χ1v) is 4.17. The number of rotatable bonds is 2. The quantitative estimate of drug-likeness (QED) is 0.776. The van der Waals surface area contributed by atoms with Crippen LogP contribution in [0.25, 0.3) is 0 Å². The predicted molar refractivity (Wildman–Crippen MR) is 45.2 cm³/mol. The SMILES string of the molecule is COc1c(OC(F)(F)F)ccnc1Br. The molecule has 0 aliphatic carbocycles. The van der Waals surface area contributed by atoms with E-state index in [2.05, 4.69) is 30.4 Å². The summed E-state index contributed by atoms with van der Waals surface area (Å²) in [4.78, 5) is 3.68. The van der Waals surface area contributed by atoms with E-state index in [-0.39, 0.29) is 10.4 Å². The van der Waals surface area contributed by atoms with Gasteiger partial charge in [0.25, 0.3) is 0 Å². The summed E-state index contributed by atoms with van der Waals surface area (Å²) in [6.45, 7) is 0. The zero-order valence-corrected chi connectivity index (χ0v) is 8.52. The van der Waals surface area contributed by atoms with Gasteiger partial charge in [-0.1, -0.05) is 0 Å². The highest BCUT2D eigenvalue weighted by atomic mass is 79.9. The topological polar surface area (TPSA) is 31.4 Å². The molecule has 0 amide bonds. The number of alkyl halides is 3. The summed E-state index contributed by atoms with van der Waals surface area (Å²) < 4.78 is 44.2.